The van der Waals surface area contributed by atoms with Gasteiger partial charge in [0.1, 0.15) is 0 Å². The van der Waals surface area contributed by atoms with E-state index in [1.807, 2.05) is 38.1 Å². The summed E-state index contributed by atoms with van der Waals surface area (Å²) in [7, 11) is 0. The Morgan fingerprint density at radius 1 is 1.38 bits per heavy atom. The van der Waals surface area contributed by atoms with E-state index in [0.29, 0.717) is 13.1 Å². The molecular weight excluding hydrogens is 202 g/mol. The summed E-state index contributed by atoms with van der Waals surface area (Å²) < 4.78 is 0. The van der Waals surface area contributed by atoms with Gasteiger partial charge in [-0.2, -0.15) is 0 Å². The van der Waals surface area contributed by atoms with Gasteiger partial charge in [-0.15, -0.1) is 0 Å². The van der Waals surface area contributed by atoms with Crippen LogP contribution in [0.4, 0.5) is 4.79 Å². The number of amides is 2. The second-order valence-corrected chi connectivity index (χ2v) is 3.81. The van der Waals surface area contributed by atoms with Gasteiger partial charge >= 0.3 is 6.03 Å². The minimum absolute atomic E-state index is 0.436. The topological polar surface area (TPSA) is 58.4 Å². The molecule has 0 bridgehead atoms. The van der Waals surface area contributed by atoms with Crippen LogP contribution in [0.3, 0.4) is 0 Å². The smallest absolute Gasteiger partial charge is 0.329 e. The van der Waals surface area contributed by atoms with Crippen LogP contribution in [0, 0.1) is 6.92 Å². The van der Waals surface area contributed by atoms with Gasteiger partial charge < -0.3 is 5.73 Å². The first-order valence-electron chi connectivity index (χ1n) is 5.49. The Morgan fingerprint density at radius 2 is 2.00 bits per heavy atom. The zero-order valence-corrected chi connectivity index (χ0v) is 9.86. The average molecular weight is 221 g/mol. The van der Waals surface area contributed by atoms with E-state index in [9.17, 15) is 4.79 Å². The van der Waals surface area contributed by atoms with Gasteiger partial charge in [-0.25, -0.2) is 10.2 Å². The van der Waals surface area contributed by atoms with E-state index in [0.717, 1.165) is 12.0 Å². The monoisotopic (exact) mass is 221 g/mol. The van der Waals surface area contributed by atoms with Gasteiger partial charge in [0.15, 0.2) is 0 Å². The van der Waals surface area contributed by atoms with Crippen molar-refractivity contribution >= 4 is 6.03 Å². The fourth-order valence-corrected chi connectivity index (χ4v) is 1.38. The maximum Gasteiger partial charge on any atom is 0.329 e. The molecule has 0 aliphatic carbocycles. The molecule has 0 aliphatic heterocycles. The normalized spacial score (nSPS) is 10.1. The van der Waals surface area contributed by atoms with Gasteiger partial charge in [0.25, 0.3) is 0 Å². The zero-order chi connectivity index (χ0) is 12.0. The summed E-state index contributed by atoms with van der Waals surface area (Å²) in [5.74, 6) is 0. The third-order valence-corrected chi connectivity index (χ3v) is 2.31. The molecule has 1 rings (SSSR count). The number of hydrazine groups is 1. The van der Waals surface area contributed by atoms with Crippen molar-refractivity contribution in [1.82, 2.24) is 10.4 Å². The van der Waals surface area contributed by atoms with Crippen molar-refractivity contribution in [3.8, 4) is 0 Å². The summed E-state index contributed by atoms with van der Waals surface area (Å²) in [6.07, 6.45) is 0.879. The Kier molecular flexibility index (Phi) is 4.79. The quantitative estimate of drug-likeness (QED) is 0.745. The minimum Gasteiger partial charge on any atom is -0.350 e. The van der Waals surface area contributed by atoms with Gasteiger partial charge in [0.2, 0.25) is 0 Å². The molecule has 0 aromatic heterocycles. The van der Waals surface area contributed by atoms with Gasteiger partial charge in [0, 0.05) is 13.1 Å². The minimum atomic E-state index is -0.436. The molecule has 0 spiro atoms. The van der Waals surface area contributed by atoms with E-state index in [4.69, 9.17) is 5.73 Å². The van der Waals surface area contributed by atoms with Crippen LogP contribution in [0.15, 0.2) is 24.3 Å². The molecule has 4 nitrogen and oxygen atoms in total. The number of hydrogen-bond donors (Lipinski definition) is 2. The molecule has 3 N–H and O–H groups in total. The van der Waals surface area contributed by atoms with E-state index >= 15 is 0 Å². The van der Waals surface area contributed by atoms with Crippen molar-refractivity contribution in [3.05, 3.63) is 35.4 Å². The summed E-state index contributed by atoms with van der Waals surface area (Å²) in [6, 6.07) is 7.73. The van der Waals surface area contributed by atoms with Gasteiger partial charge in [-0.05, 0) is 18.9 Å². The van der Waals surface area contributed by atoms with Crippen molar-refractivity contribution in [2.24, 2.45) is 5.73 Å². The molecule has 0 atom stereocenters. The van der Waals surface area contributed by atoms with Crippen LogP contribution >= 0.6 is 0 Å². The Balaban J connectivity index is 2.48. The molecule has 88 valence electrons. The first-order valence-corrected chi connectivity index (χ1v) is 5.49. The largest absolute Gasteiger partial charge is 0.350 e. The number of nitrogens with two attached hydrogens (primary N) is 1. The van der Waals surface area contributed by atoms with Crippen LogP contribution in [-0.2, 0) is 6.54 Å². The van der Waals surface area contributed by atoms with Crippen molar-refractivity contribution < 1.29 is 4.79 Å². The lowest BCUT2D eigenvalue weighted by atomic mass is 10.1. The number of nitrogens with one attached hydrogen (secondary N) is 1. The first-order chi connectivity index (χ1) is 7.63. The number of carbonyl (C=O) groups is 1. The molecule has 0 radical (unpaired) electrons. The van der Waals surface area contributed by atoms with Gasteiger partial charge in [0.05, 0.1) is 0 Å². The molecule has 1 aromatic carbocycles. The maximum absolute atomic E-state index is 11.1. The predicted molar refractivity (Wildman–Crippen MR) is 64.6 cm³/mol. The number of carbonyl (C=O) groups excluding carboxylic acids is 1. The molecule has 1 aromatic rings. The van der Waals surface area contributed by atoms with Crippen LogP contribution in [0.5, 0.6) is 0 Å². The van der Waals surface area contributed by atoms with Gasteiger partial charge in [-0.1, -0.05) is 36.8 Å². The molecule has 0 saturated heterocycles. The van der Waals surface area contributed by atoms with E-state index < -0.39 is 6.03 Å². The van der Waals surface area contributed by atoms with Crippen molar-refractivity contribution in [3.63, 3.8) is 0 Å². The summed E-state index contributed by atoms with van der Waals surface area (Å²) >= 11 is 0. The second-order valence-electron chi connectivity index (χ2n) is 3.81. The number of aryl methyl sites for hydroxylation is 1. The molecule has 0 fully saturated rings. The molecule has 2 amide bonds. The fraction of sp³-hybridized carbons (Fsp3) is 0.417. The third kappa shape index (κ3) is 3.90. The Labute approximate surface area is 96.4 Å². The van der Waals surface area contributed by atoms with E-state index in [-0.39, 0.29) is 0 Å². The van der Waals surface area contributed by atoms with Crippen molar-refractivity contribution in [2.75, 3.05) is 6.54 Å². The van der Waals surface area contributed by atoms with Crippen LogP contribution in [0.1, 0.15) is 24.5 Å². The number of rotatable bonds is 5. The van der Waals surface area contributed by atoms with Gasteiger partial charge in [-0.3, -0.25) is 5.01 Å². The fourth-order valence-electron chi connectivity index (χ4n) is 1.38. The summed E-state index contributed by atoms with van der Waals surface area (Å²) in [5, 5.41) is 1.44. The first kappa shape index (κ1) is 12.5. The summed E-state index contributed by atoms with van der Waals surface area (Å²) in [6.45, 7) is 5.29. The second kappa shape index (κ2) is 6.12. The van der Waals surface area contributed by atoms with Crippen LogP contribution in [-0.4, -0.2) is 17.6 Å². The lowest BCUT2D eigenvalue weighted by molar-refractivity contribution is 0.178. The summed E-state index contributed by atoms with van der Waals surface area (Å²) in [4.78, 5) is 11.1. The molecule has 4 heteroatoms. The number of benzene rings is 1. The lowest BCUT2D eigenvalue weighted by Gasteiger charge is -2.20. The van der Waals surface area contributed by atoms with Crippen LogP contribution in [0.2, 0.25) is 0 Å². The Bertz CT molecular complexity index is 335. The van der Waals surface area contributed by atoms with Crippen LogP contribution in [0.25, 0.3) is 0 Å². The van der Waals surface area contributed by atoms with Crippen molar-refractivity contribution in [2.45, 2.75) is 26.8 Å². The number of hydrogen-bond acceptors (Lipinski definition) is 2. The third-order valence-electron chi connectivity index (χ3n) is 2.31. The highest BCUT2D eigenvalue weighted by Gasteiger charge is 2.06. The molecule has 0 saturated carbocycles. The zero-order valence-electron chi connectivity index (χ0n) is 9.86. The number of nitrogens with zero attached hydrogens (tertiary/aromatic N) is 1. The van der Waals surface area contributed by atoms with Crippen LogP contribution < -0.4 is 11.2 Å². The van der Waals surface area contributed by atoms with E-state index in [1.54, 1.807) is 0 Å². The van der Waals surface area contributed by atoms with E-state index in [1.165, 1.54) is 10.6 Å². The average Bonchev–Trinajstić information content (AvgIpc) is 2.26. The highest BCUT2D eigenvalue weighted by Crippen LogP contribution is 2.02. The highest BCUT2D eigenvalue weighted by molar-refractivity contribution is 5.71. The van der Waals surface area contributed by atoms with E-state index in [2.05, 4.69) is 5.43 Å². The number of primary amides is 1. The Hall–Kier alpha value is -1.55. The molecule has 16 heavy (non-hydrogen) atoms. The number of urea groups is 1. The summed E-state index contributed by atoms with van der Waals surface area (Å²) in [5.41, 5.74) is 10.6. The molecule has 0 aliphatic rings. The highest BCUT2D eigenvalue weighted by atomic mass is 16.2. The van der Waals surface area contributed by atoms with Crippen molar-refractivity contribution in [1.29, 1.82) is 0 Å². The standard InChI is InChI=1S/C12H19N3O/c1-3-8-15(12(13)16)14-9-11-6-4-10(2)5-7-11/h4-7,14H,3,8-9H2,1-2H3,(H2,13,16). The maximum atomic E-state index is 11.1. The SMILES string of the molecule is CCCN(NCc1ccc(C)cc1)C(N)=O. The predicted octanol–water partition coefficient (Wildman–Crippen LogP) is 1.79. The lowest BCUT2D eigenvalue weighted by Crippen LogP contribution is -2.45. The Morgan fingerprint density at radius 3 is 2.50 bits per heavy atom. The molecular formula is C12H19N3O. The molecule has 0 heterocycles. The molecule has 0 unspecified atom stereocenters.